The third-order valence-electron chi connectivity index (χ3n) is 5.96. The zero-order valence-electron chi connectivity index (χ0n) is 23.4. The Balaban J connectivity index is 1.65. The van der Waals surface area contributed by atoms with E-state index < -0.39 is 12.1 Å². The first-order valence-corrected chi connectivity index (χ1v) is 13.4. The third kappa shape index (κ3) is 9.14. The number of carbonyl (C=O) groups excluding carboxylic acids is 2. The number of oxazole rings is 1. The molecule has 0 radical (unpaired) electrons. The summed E-state index contributed by atoms with van der Waals surface area (Å²) >= 11 is 0. The Morgan fingerprint density at radius 1 is 1.05 bits per heavy atom. The van der Waals surface area contributed by atoms with Crippen LogP contribution in [0.3, 0.4) is 0 Å². The Morgan fingerprint density at radius 2 is 1.85 bits per heavy atom. The zero-order chi connectivity index (χ0) is 29.1. The second-order valence-electron chi connectivity index (χ2n) is 9.59. The van der Waals surface area contributed by atoms with Gasteiger partial charge in [0.1, 0.15) is 11.5 Å². The molecule has 1 heterocycles. The smallest absolute Gasteiger partial charge is 0.407 e. The second kappa shape index (κ2) is 14.7. The Morgan fingerprint density at radius 3 is 2.58 bits per heavy atom. The van der Waals surface area contributed by atoms with Crippen LogP contribution in [0.4, 0.5) is 4.79 Å². The molecular weight excluding hydrogens is 514 g/mol. The lowest BCUT2D eigenvalue weighted by molar-refractivity contribution is -0.136. The van der Waals surface area contributed by atoms with Gasteiger partial charge in [-0.05, 0) is 75.1 Å². The molecule has 2 amide bonds. The molecule has 0 saturated carbocycles. The molecule has 0 unspecified atom stereocenters. The number of ether oxygens (including phenoxy) is 2. The summed E-state index contributed by atoms with van der Waals surface area (Å²) in [6.07, 6.45) is 0.847. The Bertz CT molecular complexity index is 1320. The van der Waals surface area contributed by atoms with E-state index in [1.54, 1.807) is 44.2 Å². The van der Waals surface area contributed by atoms with E-state index in [2.05, 4.69) is 15.6 Å². The maximum Gasteiger partial charge on any atom is 0.407 e. The molecule has 0 atom stereocenters. The highest BCUT2D eigenvalue weighted by molar-refractivity contribution is 5.95. The van der Waals surface area contributed by atoms with Crippen LogP contribution in [0.15, 0.2) is 46.9 Å². The van der Waals surface area contributed by atoms with Crippen LogP contribution in [0, 0.1) is 6.92 Å². The van der Waals surface area contributed by atoms with Crippen LogP contribution in [0.25, 0.3) is 11.5 Å². The maximum atomic E-state index is 12.3. The van der Waals surface area contributed by atoms with Crippen molar-refractivity contribution in [3.63, 3.8) is 0 Å². The van der Waals surface area contributed by atoms with Crippen molar-refractivity contribution in [3.05, 3.63) is 70.6 Å². The first-order chi connectivity index (χ1) is 19.2. The highest BCUT2D eigenvalue weighted by atomic mass is 16.6. The highest BCUT2D eigenvalue weighted by Gasteiger charge is 2.15. The molecule has 0 spiro atoms. The first-order valence-electron chi connectivity index (χ1n) is 13.4. The number of nitrogens with one attached hydrogen (secondary N) is 2. The van der Waals surface area contributed by atoms with E-state index in [1.807, 2.05) is 26.0 Å². The number of aromatic nitrogens is 1. The van der Waals surface area contributed by atoms with Crippen molar-refractivity contribution in [3.8, 4) is 17.2 Å². The summed E-state index contributed by atoms with van der Waals surface area (Å²) in [4.78, 5) is 40.0. The van der Waals surface area contributed by atoms with Crippen molar-refractivity contribution in [2.24, 2.45) is 0 Å². The molecule has 0 saturated heterocycles. The zero-order valence-corrected chi connectivity index (χ0v) is 23.4. The molecule has 214 valence electrons. The van der Waals surface area contributed by atoms with Gasteiger partial charge in [0.15, 0.2) is 0 Å². The number of rotatable bonds is 14. The average Bonchev–Trinajstić information content (AvgIpc) is 3.29. The summed E-state index contributed by atoms with van der Waals surface area (Å²) in [7, 11) is 0. The summed E-state index contributed by atoms with van der Waals surface area (Å²) in [5, 5.41) is 14.7. The number of aryl methyl sites for hydroxylation is 2. The van der Waals surface area contributed by atoms with E-state index in [4.69, 9.17) is 19.0 Å². The van der Waals surface area contributed by atoms with Crippen molar-refractivity contribution in [1.82, 2.24) is 15.6 Å². The van der Waals surface area contributed by atoms with Crippen LogP contribution in [-0.4, -0.2) is 47.3 Å². The fourth-order valence-corrected chi connectivity index (χ4v) is 3.95. The Kier molecular flexibility index (Phi) is 11.1. The number of carbonyl (C=O) groups is 3. The van der Waals surface area contributed by atoms with Gasteiger partial charge >= 0.3 is 12.1 Å². The summed E-state index contributed by atoms with van der Waals surface area (Å²) < 4.78 is 17.0. The predicted octanol–water partition coefficient (Wildman–Crippen LogP) is 5.06. The number of carboxylic acids is 1. The number of carboxylic acid groups (broad SMARTS) is 1. The average molecular weight is 552 g/mol. The molecular formula is C30H37N3O7. The van der Waals surface area contributed by atoms with Gasteiger partial charge in [0, 0.05) is 37.1 Å². The number of nitrogens with zero attached hydrogens (tertiary/aromatic N) is 1. The van der Waals surface area contributed by atoms with Gasteiger partial charge in [-0.15, -0.1) is 0 Å². The quantitative estimate of drug-likeness (QED) is 0.252. The molecule has 3 aromatic rings. The van der Waals surface area contributed by atoms with E-state index in [1.165, 1.54) is 0 Å². The summed E-state index contributed by atoms with van der Waals surface area (Å²) in [5.74, 6) is 0.646. The van der Waals surface area contributed by atoms with E-state index in [0.717, 1.165) is 23.2 Å². The molecule has 0 aliphatic rings. The highest BCUT2D eigenvalue weighted by Crippen LogP contribution is 2.24. The van der Waals surface area contributed by atoms with Crippen LogP contribution in [0.5, 0.6) is 5.75 Å². The molecule has 10 heteroatoms. The van der Waals surface area contributed by atoms with Crippen molar-refractivity contribution >= 4 is 18.0 Å². The van der Waals surface area contributed by atoms with Gasteiger partial charge in [-0.2, -0.15) is 0 Å². The number of aliphatic carboxylic acids is 1. The van der Waals surface area contributed by atoms with Gasteiger partial charge in [-0.3, -0.25) is 9.59 Å². The van der Waals surface area contributed by atoms with E-state index in [-0.39, 0.29) is 25.0 Å². The molecule has 0 aliphatic heterocycles. The number of alkyl carbamates (subject to hydrolysis) is 1. The number of benzene rings is 2. The van der Waals surface area contributed by atoms with Gasteiger partial charge < -0.3 is 29.6 Å². The Hall–Kier alpha value is -4.34. The SMILES string of the molecule is CCCNC(=O)c1cccc(-c2nc(CCOc3ccc(CCC(=O)O)c(CNC(=O)OC(C)C)c3)c(C)o2)c1. The van der Waals surface area contributed by atoms with Gasteiger partial charge in [-0.25, -0.2) is 9.78 Å². The molecule has 10 nitrogen and oxygen atoms in total. The van der Waals surface area contributed by atoms with Crippen LogP contribution >= 0.6 is 0 Å². The summed E-state index contributed by atoms with van der Waals surface area (Å²) in [6, 6.07) is 12.5. The molecule has 1 aromatic heterocycles. The molecule has 0 aliphatic carbocycles. The molecule has 0 bridgehead atoms. The fraction of sp³-hybridized carbons (Fsp3) is 0.400. The van der Waals surface area contributed by atoms with Crippen LogP contribution < -0.4 is 15.4 Å². The predicted molar refractivity (Wildman–Crippen MR) is 149 cm³/mol. The first kappa shape index (κ1) is 30.2. The van der Waals surface area contributed by atoms with Crippen molar-refractivity contribution in [2.45, 2.75) is 66.0 Å². The minimum atomic E-state index is -0.896. The largest absolute Gasteiger partial charge is 0.493 e. The number of hydrogen-bond donors (Lipinski definition) is 3. The van der Waals surface area contributed by atoms with Gasteiger partial charge in [0.25, 0.3) is 5.91 Å². The molecule has 0 fully saturated rings. The van der Waals surface area contributed by atoms with Crippen LogP contribution in [0.2, 0.25) is 0 Å². The lowest BCUT2D eigenvalue weighted by Gasteiger charge is -2.14. The van der Waals surface area contributed by atoms with Gasteiger partial charge in [0.2, 0.25) is 5.89 Å². The topological polar surface area (TPSA) is 140 Å². The summed E-state index contributed by atoms with van der Waals surface area (Å²) in [5.41, 5.74) is 3.56. The molecule has 3 rings (SSSR count). The lowest BCUT2D eigenvalue weighted by atomic mass is 10.0. The van der Waals surface area contributed by atoms with E-state index in [0.29, 0.717) is 54.5 Å². The standard InChI is InChI=1S/C30H37N3O7/c1-5-14-31-28(36)22-7-6-8-23(16-22)29-33-26(20(4)40-29)13-15-38-25-11-9-21(10-12-27(34)35)24(17-25)18-32-30(37)39-19(2)3/h6-9,11,16-17,19H,5,10,12-15,18H2,1-4H3,(H,31,36)(H,32,37)(H,34,35). The molecule has 40 heavy (non-hydrogen) atoms. The van der Waals surface area contributed by atoms with E-state index >= 15 is 0 Å². The minimum absolute atomic E-state index is 0.0241. The fourth-order valence-electron chi connectivity index (χ4n) is 3.95. The maximum absolute atomic E-state index is 12.3. The van der Waals surface area contributed by atoms with Gasteiger partial charge in [-0.1, -0.05) is 19.1 Å². The minimum Gasteiger partial charge on any atom is -0.493 e. The number of amides is 2. The van der Waals surface area contributed by atoms with Crippen molar-refractivity contribution in [1.29, 1.82) is 0 Å². The molecule has 2 aromatic carbocycles. The lowest BCUT2D eigenvalue weighted by Crippen LogP contribution is -2.26. The summed E-state index contributed by atoms with van der Waals surface area (Å²) in [6.45, 7) is 8.46. The number of hydrogen-bond acceptors (Lipinski definition) is 7. The van der Waals surface area contributed by atoms with Crippen LogP contribution in [-0.2, 0) is 28.9 Å². The second-order valence-corrected chi connectivity index (χ2v) is 9.59. The normalized spacial score (nSPS) is 10.8. The van der Waals surface area contributed by atoms with Crippen molar-refractivity contribution < 1.29 is 33.4 Å². The monoisotopic (exact) mass is 551 g/mol. The van der Waals surface area contributed by atoms with Crippen LogP contribution in [0.1, 0.15) is 66.6 Å². The van der Waals surface area contributed by atoms with Gasteiger partial charge in [0.05, 0.1) is 18.4 Å². The van der Waals surface area contributed by atoms with Crippen molar-refractivity contribution in [2.75, 3.05) is 13.2 Å². The van der Waals surface area contributed by atoms with E-state index in [9.17, 15) is 14.4 Å². The Labute approximate surface area is 234 Å². The molecule has 3 N–H and O–H groups in total. The third-order valence-corrected chi connectivity index (χ3v) is 5.96.